The van der Waals surface area contributed by atoms with Gasteiger partial charge in [-0.3, -0.25) is 4.79 Å². The van der Waals surface area contributed by atoms with Gasteiger partial charge in [0.15, 0.2) is 0 Å². The average molecular weight is 438 g/mol. The zero-order valence-electron chi connectivity index (χ0n) is 17.5. The summed E-state index contributed by atoms with van der Waals surface area (Å²) in [6.45, 7) is 3.82. The van der Waals surface area contributed by atoms with Crippen LogP contribution >= 0.6 is 11.6 Å². The number of amides is 1. The summed E-state index contributed by atoms with van der Waals surface area (Å²) in [5, 5.41) is 8.97. The van der Waals surface area contributed by atoms with E-state index in [9.17, 15) is 4.79 Å². The average Bonchev–Trinajstić information content (AvgIpc) is 3.50. The number of hydrogen-bond acceptors (Lipinski definition) is 5. The van der Waals surface area contributed by atoms with Crippen molar-refractivity contribution in [2.45, 2.75) is 44.9 Å². The van der Waals surface area contributed by atoms with E-state index >= 15 is 0 Å². The van der Waals surface area contributed by atoms with Crippen molar-refractivity contribution >= 4 is 17.5 Å². The zero-order valence-corrected chi connectivity index (χ0v) is 18.2. The molecule has 160 valence electrons. The molecule has 1 aromatic heterocycles. The van der Waals surface area contributed by atoms with Gasteiger partial charge in [0.1, 0.15) is 18.8 Å². The minimum atomic E-state index is -0.357. The highest BCUT2D eigenvalue weighted by Gasteiger charge is 2.49. The fraction of sp³-hybridized carbons (Fsp3) is 0.375. The van der Waals surface area contributed by atoms with Gasteiger partial charge in [0.05, 0.1) is 6.04 Å². The number of carbonyl (C=O) groups excluding carboxylic acids is 1. The second-order valence-electron chi connectivity index (χ2n) is 8.38. The highest BCUT2D eigenvalue weighted by atomic mass is 35.5. The number of halogens is 1. The Bertz CT molecular complexity index is 1090. The molecule has 1 aliphatic carbocycles. The number of ether oxygens (including phenoxy) is 1. The summed E-state index contributed by atoms with van der Waals surface area (Å²) in [6, 6.07) is 15.3. The SMILES string of the molecule is Cc1ccc(C2C(c3cccc(Cl)c3)OCC(=O)N2C(c2nnc(C)o2)C2CC2)cc1. The first-order valence-corrected chi connectivity index (χ1v) is 10.9. The van der Waals surface area contributed by atoms with E-state index in [1.807, 2.05) is 36.1 Å². The smallest absolute Gasteiger partial charge is 0.249 e. The maximum absolute atomic E-state index is 13.3. The van der Waals surface area contributed by atoms with Gasteiger partial charge in [-0.1, -0.05) is 53.6 Å². The summed E-state index contributed by atoms with van der Waals surface area (Å²) in [5.41, 5.74) is 3.10. The van der Waals surface area contributed by atoms with Crippen LogP contribution < -0.4 is 0 Å². The lowest BCUT2D eigenvalue weighted by atomic mass is 9.90. The van der Waals surface area contributed by atoms with Gasteiger partial charge in [0.2, 0.25) is 17.7 Å². The Kier molecular flexibility index (Phi) is 5.28. The predicted molar refractivity (Wildman–Crippen MR) is 115 cm³/mol. The molecule has 3 atom stereocenters. The second-order valence-corrected chi connectivity index (χ2v) is 8.82. The molecule has 1 aliphatic heterocycles. The van der Waals surface area contributed by atoms with Gasteiger partial charge in [0.25, 0.3) is 0 Å². The quantitative estimate of drug-likeness (QED) is 0.553. The van der Waals surface area contributed by atoms with Gasteiger partial charge in [-0.05, 0) is 48.9 Å². The number of benzene rings is 2. The summed E-state index contributed by atoms with van der Waals surface area (Å²) in [5.74, 6) is 1.23. The third kappa shape index (κ3) is 3.98. The summed E-state index contributed by atoms with van der Waals surface area (Å²) >= 11 is 6.30. The number of aromatic nitrogens is 2. The number of hydrogen-bond donors (Lipinski definition) is 0. The van der Waals surface area contributed by atoms with Gasteiger partial charge in [-0.2, -0.15) is 0 Å². The molecule has 3 aromatic rings. The van der Waals surface area contributed by atoms with Crippen LogP contribution in [0.4, 0.5) is 0 Å². The first kappa shape index (κ1) is 20.2. The first-order chi connectivity index (χ1) is 15.0. The third-order valence-corrected chi connectivity index (χ3v) is 6.25. The molecule has 1 amide bonds. The molecule has 1 saturated carbocycles. The number of aryl methyl sites for hydroxylation is 2. The van der Waals surface area contributed by atoms with Crippen LogP contribution in [0.25, 0.3) is 0 Å². The van der Waals surface area contributed by atoms with Crippen LogP contribution in [0.3, 0.4) is 0 Å². The van der Waals surface area contributed by atoms with Gasteiger partial charge in [-0.25, -0.2) is 0 Å². The van der Waals surface area contributed by atoms with Crippen LogP contribution in [-0.4, -0.2) is 27.6 Å². The van der Waals surface area contributed by atoms with E-state index in [2.05, 4.69) is 34.5 Å². The number of nitrogens with zero attached hydrogens (tertiary/aromatic N) is 3. The molecule has 0 bridgehead atoms. The van der Waals surface area contributed by atoms with E-state index in [-0.39, 0.29) is 30.7 Å². The Hall–Kier alpha value is -2.70. The van der Waals surface area contributed by atoms with Crippen molar-refractivity contribution in [2.24, 2.45) is 5.92 Å². The number of rotatable bonds is 5. The Morgan fingerprint density at radius 3 is 2.48 bits per heavy atom. The van der Waals surface area contributed by atoms with Gasteiger partial charge < -0.3 is 14.1 Å². The molecule has 0 N–H and O–H groups in total. The fourth-order valence-corrected chi connectivity index (χ4v) is 4.61. The van der Waals surface area contributed by atoms with Crippen LogP contribution in [0.2, 0.25) is 5.02 Å². The van der Waals surface area contributed by atoms with Crippen molar-refractivity contribution in [1.82, 2.24) is 15.1 Å². The van der Waals surface area contributed by atoms with Gasteiger partial charge in [0, 0.05) is 11.9 Å². The summed E-state index contributed by atoms with van der Waals surface area (Å²) in [4.78, 5) is 15.2. The van der Waals surface area contributed by atoms with Crippen LogP contribution in [-0.2, 0) is 9.53 Å². The second kappa shape index (κ2) is 8.09. The fourth-order valence-electron chi connectivity index (χ4n) is 4.41. The van der Waals surface area contributed by atoms with E-state index in [1.54, 1.807) is 6.92 Å². The molecule has 0 spiro atoms. The lowest BCUT2D eigenvalue weighted by Gasteiger charge is -2.44. The minimum Gasteiger partial charge on any atom is -0.423 e. The molecule has 31 heavy (non-hydrogen) atoms. The maximum Gasteiger partial charge on any atom is 0.249 e. The number of carbonyl (C=O) groups is 1. The van der Waals surface area contributed by atoms with Crippen molar-refractivity contribution < 1.29 is 13.9 Å². The molecular weight excluding hydrogens is 414 g/mol. The molecule has 2 heterocycles. The van der Waals surface area contributed by atoms with Crippen LogP contribution in [0.1, 0.15) is 59.5 Å². The topological polar surface area (TPSA) is 68.5 Å². The lowest BCUT2D eigenvalue weighted by molar-refractivity contribution is -0.165. The highest BCUT2D eigenvalue weighted by Crippen LogP contribution is 2.51. The molecule has 7 heteroatoms. The maximum atomic E-state index is 13.3. The molecule has 2 fully saturated rings. The van der Waals surface area contributed by atoms with E-state index in [1.165, 1.54) is 0 Å². The highest BCUT2D eigenvalue weighted by molar-refractivity contribution is 6.30. The lowest BCUT2D eigenvalue weighted by Crippen LogP contribution is -2.48. The third-order valence-electron chi connectivity index (χ3n) is 6.02. The Morgan fingerprint density at radius 2 is 1.84 bits per heavy atom. The van der Waals surface area contributed by atoms with Gasteiger partial charge >= 0.3 is 0 Å². The molecule has 0 radical (unpaired) electrons. The number of morpholine rings is 1. The zero-order chi connectivity index (χ0) is 21.5. The standard InChI is InChI=1S/C24H24ClN3O3/c1-14-6-8-16(9-7-14)21-23(18-4-3-5-19(25)12-18)30-13-20(29)28(21)22(17-10-11-17)24-27-26-15(2)31-24/h3-9,12,17,21-23H,10-11,13H2,1-2H3. The van der Waals surface area contributed by atoms with Crippen molar-refractivity contribution in [3.63, 3.8) is 0 Å². The summed E-state index contributed by atoms with van der Waals surface area (Å²) in [7, 11) is 0. The minimum absolute atomic E-state index is 0.00409. The Balaban J connectivity index is 1.64. The molecule has 3 unspecified atom stereocenters. The summed E-state index contributed by atoms with van der Waals surface area (Å²) < 4.78 is 12.0. The molecule has 6 nitrogen and oxygen atoms in total. The monoisotopic (exact) mass is 437 g/mol. The molecule has 2 aromatic carbocycles. The first-order valence-electron chi connectivity index (χ1n) is 10.6. The van der Waals surface area contributed by atoms with Crippen LogP contribution in [0, 0.1) is 19.8 Å². The van der Waals surface area contributed by atoms with Crippen LogP contribution in [0.15, 0.2) is 52.9 Å². The van der Waals surface area contributed by atoms with Crippen molar-refractivity contribution in [3.8, 4) is 0 Å². The van der Waals surface area contributed by atoms with Crippen LogP contribution in [0.5, 0.6) is 0 Å². The van der Waals surface area contributed by atoms with Crippen molar-refractivity contribution in [1.29, 1.82) is 0 Å². The van der Waals surface area contributed by atoms with E-state index in [0.29, 0.717) is 22.7 Å². The van der Waals surface area contributed by atoms with Crippen molar-refractivity contribution in [2.75, 3.05) is 6.61 Å². The Morgan fingerprint density at radius 1 is 1.06 bits per heavy atom. The van der Waals surface area contributed by atoms with Crippen molar-refractivity contribution in [3.05, 3.63) is 82.0 Å². The predicted octanol–water partition coefficient (Wildman–Crippen LogP) is 5.13. The largest absolute Gasteiger partial charge is 0.423 e. The molecule has 5 rings (SSSR count). The normalized spacial score (nSPS) is 22.5. The Labute approximate surface area is 186 Å². The van der Waals surface area contributed by atoms with Gasteiger partial charge in [-0.15, -0.1) is 10.2 Å². The molecule has 2 aliphatic rings. The molecular formula is C24H24ClN3O3. The van der Waals surface area contributed by atoms with E-state index in [4.69, 9.17) is 20.8 Å². The van der Waals surface area contributed by atoms with E-state index in [0.717, 1.165) is 29.5 Å². The van der Waals surface area contributed by atoms with E-state index < -0.39 is 0 Å². The molecule has 1 saturated heterocycles. The summed E-state index contributed by atoms with van der Waals surface area (Å²) in [6.07, 6.45) is 1.70.